The van der Waals surface area contributed by atoms with Gasteiger partial charge in [-0.05, 0) is 24.3 Å². The minimum atomic E-state index is -0.210. The molecule has 0 spiro atoms. The number of aromatic nitrogens is 1. The van der Waals surface area contributed by atoms with Crippen LogP contribution in [0.3, 0.4) is 0 Å². The van der Waals surface area contributed by atoms with Crippen molar-refractivity contribution >= 4 is 28.9 Å². The van der Waals surface area contributed by atoms with Gasteiger partial charge < -0.3 is 10.2 Å². The van der Waals surface area contributed by atoms with Crippen molar-refractivity contribution in [2.75, 3.05) is 24.3 Å². The number of nitrogens with zero attached hydrogens (tertiary/aromatic N) is 2. The number of pyridine rings is 1. The molecule has 0 atom stereocenters. The van der Waals surface area contributed by atoms with Gasteiger partial charge in [-0.25, -0.2) is 4.98 Å². The predicted molar refractivity (Wildman–Crippen MR) is 78.0 cm³/mol. The van der Waals surface area contributed by atoms with Gasteiger partial charge in [0.15, 0.2) is 0 Å². The van der Waals surface area contributed by atoms with Crippen LogP contribution in [0.25, 0.3) is 0 Å². The van der Waals surface area contributed by atoms with Crippen LogP contribution in [0, 0.1) is 0 Å². The highest BCUT2D eigenvalue weighted by Crippen LogP contribution is 2.24. The summed E-state index contributed by atoms with van der Waals surface area (Å²) < 4.78 is 0. The topological polar surface area (TPSA) is 45.2 Å². The van der Waals surface area contributed by atoms with Crippen LogP contribution >= 0.6 is 11.6 Å². The van der Waals surface area contributed by atoms with Crippen molar-refractivity contribution in [3.63, 3.8) is 0 Å². The lowest BCUT2D eigenvalue weighted by Crippen LogP contribution is -2.16. The second-order valence-corrected chi connectivity index (χ2v) is 4.62. The quantitative estimate of drug-likeness (QED) is 0.876. The fourth-order valence-corrected chi connectivity index (χ4v) is 1.88. The Bertz CT molecular complexity index is 599. The second-order valence-electron chi connectivity index (χ2n) is 4.23. The lowest BCUT2D eigenvalue weighted by Gasteiger charge is -2.17. The number of hydrogen-bond donors (Lipinski definition) is 1. The molecule has 0 saturated heterocycles. The van der Waals surface area contributed by atoms with Crippen LogP contribution in [0.2, 0.25) is 5.15 Å². The Hall–Kier alpha value is -2.07. The van der Waals surface area contributed by atoms with Crippen molar-refractivity contribution < 1.29 is 4.79 Å². The van der Waals surface area contributed by atoms with E-state index in [2.05, 4.69) is 10.3 Å². The van der Waals surface area contributed by atoms with Gasteiger partial charge >= 0.3 is 0 Å². The molecule has 0 fully saturated rings. The third-order valence-corrected chi connectivity index (χ3v) is 2.83. The van der Waals surface area contributed by atoms with Crippen molar-refractivity contribution in [1.29, 1.82) is 0 Å². The summed E-state index contributed by atoms with van der Waals surface area (Å²) in [5.74, 6) is -0.210. The molecule has 0 unspecified atom stereocenters. The normalized spacial score (nSPS) is 10.1. The monoisotopic (exact) mass is 275 g/mol. The largest absolute Gasteiger partial charge is 0.376 e. The fraction of sp³-hybridized carbons (Fsp3) is 0.143. The highest BCUT2D eigenvalue weighted by atomic mass is 35.5. The molecule has 0 aliphatic carbocycles. The average Bonchev–Trinajstić information content (AvgIpc) is 2.39. The van der Waals surface area contributed by atoms with Crippen LogP contribution in [0.4, 0.5) is 11.4 Å². The van der Waals surface area contributed by atoms with Gasteiger partial charge in [-0.15, -0.1) is 0 Å². The first kappa shape index (κ1) is 13.4. The minimum absolute atomic E-state index is 0.210. The van der Waals surface area contributed by atoms with Crippen LogP contribution in [0.1, 0.15) is 10.4 Å². The Morgan fingerprint density at radius 3 is 2.68 bits per heavy atom. The maximum atomic E-state index is 12.1. The molecule has 0 bridgehead atoms. The van der Waals surface area contributed by atoms with E-state index in [1.54, 1.807) is 6.07 Å². The van der Waals surface area contributed by atoms with Crippen molar-refractivity contribution in [1.82, 2.24) is 4.98 Å². The highest BCUT2D eigenvalue weighted by Gasteiger charge is 2.10. The molecule has 2 rings (SSSR count). The molecular formula is C14H14ClN3O. The van der Waals surface area contributed by atoms with Crippen molar-refractivity contribution in [3.8, 4) is 0 Å². The van der Waals surface area contributed by atoms with Gasteiger partial charge in [0.2, 0.25) is 0 Å². The van der Waals surface area contributed by atoms with E-state index in [1.807, 2.05) is 43.3 Å². The molecule has 0 saturated carbocycles. The first-order valence-corrected chi connectivity index (χ1v) is 6.15. The summed E-state index contributed by atoms with van der Waals surface area (Å²) in [5.41, 5.74) is 2.18. The molecule has 1 heterocycles. The Morgan fingerprint density at radius 2 is 2.00 bits per heavy atom. The molecule has 1 amide bonds. The molecule has 2 aromatic rings. The lowest BCUT2D eigenvalue weighted by atomic mass is 10.2. The van der Waals surface area contributed by atoms with Gasteiger partial charge in [0.1, 0.15) is 5.15 Å². The molecular weight excluding hydrogens is 262 g/mol. The van der Waals surface area contributed by atoms with E-state index >= 15 is 0 Å². The second kappa shape index (κ2) is 5.71. The summed E-state index contributed by atoms with van der Waals surface area (Å²) in [4.78, 5) is 17.9. The van der Waals surface area contributed by atoms with Gasteiger partial charge in [0.25, 0.3) is 5.91 Å². The number of para-hydroxylation sites is 2. The molecule has 5 heteroatoms. The number of carbonyl (C=O) groups is 1. The molecule has 1 aromatic carbocycles. The van der Waals surface area contributed by atoms with E-state index in [0.29, 0.717) is 10.7 Å². The van der Waals surface area contributed by atoms with E-state index in [4.69, 9.17) is 11.6 Å². The zero-order valence-electron chi connectivity index (χ0n) is 10.7. The van der Waals surface area contributed by atoms with Gasteiger partial charge in [0.05, 0.1) is 11.4 Å². The van der Waals surface area contributed by atoms with Gasteiger partial charge in [0, 0.05) is 25.9 Å². The van der Waals surface area contributed by atoms with Gasteiger partial charge in [-0.2, -0.15) is 0 Å². The van der Waals surface area contributed by atoms with Crippen molar-refractivity contribution in [3.05, 3.63) is 53.3 Å². The Balaban J connectivity index is 2.24. The number of rotatable bonds is 3. The zero-order valence-corrected chi connectivity index (χ0v) is 11.5. The molecule has 98 valence electrons. The summed E-state index contributed by atoms with van der Waals surface area (Å²) >= 11 is 5.77. The van der Waals surface area contributed by atoms with E-state index in [0.717, 1.165) is 11.4 Å². The smallest absolute Gasteiger partial charge is 0.255 e. The Morgan fingerprint density at radius 1 is 1.26 bits per heavy atom. The number of amides is 1. The number of benzene rings is 1. The number of hydrogen-bond acceptors (Lipinski definition) is 3. The molecule has 0 radical (unpaired) electrons. The summed E-state index contributed by atoms with van der Waals surface area (Å²) in [7, 11) is 3.85. The van der Waals surface area contributed by atoms with Crippen LogP contribution in [0.15, 0.2) is 42.6 Å². The van der Waals surface area contributed by atoms with Crippen molar-refractivity contribution in [2.45, 2.75) is 0 Å². The molecule has 19 heavy (non-hydrogen) atoms. The summed E-state index contributed by atoms with van der Waals surface area (Å²) in [6.45, 7) is 0. The Kier molecular flexibility index (Phi) is 4.02. The maximum absolute atomic E-state index is 12.1. The zero-order chi connectivity index (χ0) is 13.8. The summed E-state index contributed by atoms with van der Waals surface area (Å²) in [6, 6.07) is 10.8. The third kappa shape index (κ3) is 3.23. The Labute approximate surface area is 117 Å². The van der Waals surface area contributed by atoms with Crippen LogP contribution in [-0.4, -0.2) is 25.0 Å². The summed E-state index contributed by atoms with van der Waals surface area (Å²) in [5, 5.41) is 3.17. The minimum Gasteiger partial charge on any atom is -0.376 e. The first-order valence-electron chi connectivity index (χ1n) is 5.77. The van der Waals surface area contributed by atoms with Crippen molar-refractivity contribution in [2.24, 2.45) is 0 Å². The number of carbonyl (C=O) groups excluding carboxylic acids is 1. The number of anilines is 2. The standard InChI is InChI=1S/C14H14ClN3O/c1-18(2)12-6-4-3-5-11(12)17-14(19)10-7-8-16-13(15)9-10/h3-9H,1-2H3,(H,17,19). The van der Waals surface area contributed by atoms with E-state index in [-0.39, 0.29) is 5.91 Å². The highest BCUT2D eigenvalue weighted by molar-refractivity contribution is 6.29. The van der Waals surface area contributed by atoms with E-state index in [1.165, 1.54) is 12.3 Å². The van der Waals surface area contributed by atoms with Gasteiger partial charge in [-0.1, -0.05) is 23.7 Å². The number of nitrogens with one attached hydrogen (secondary N) is 1. The SMILES string of the molecule is CN(C)c1ccccc1NC(=O)c1ccnc(Cl)c1. The molecule has 1 aromatic heterocycles. The van der Waals surface area contributed by atoms with E-state index in [9.17, 15) is 4.79 Å². The molecule has 4 nitrogen and oxygen atoms in total. The molecule has 1 N–H and O–H groups in total. The van der Waals surface area contributed by atoms with Crippen LogP contribution in [0.5, 0.6) is 0 Å². The van der Waals surface area contributed by atoms with E-state index < -0.39 is 0 Å². The predicted octanol–water partition coefficient (Wildman–Crippen LogP) is 3.05. The van der Waals surface area contributed by atoms with Gasteiger partial charge in [-0.3, -0.25) is 4.79 Å². The summed E-state index contributed by atoms with van der Waals surface area (Å²) in [6.07, 6.45) is 1.51. The molecule has 0 aliphatic rings. The number of halogens is 1. The van der Waals surface area contributed by atoms with Crippen LogP contribution < -0.4 is 10.2 Å². The lowest BCUT2D eigenvalue weighted by molar-refractivity contribution is 0.102. The first-order chi connectivity index (χ1) is 9.08. The van der Waals surface area contributed by atoms with Crippen LogP contribution in [-0.2, 0) is 0 Å². The average molecular weight is 276 g/mol. The molecule has 0 aliphatic heterocycles. The fourth-order valence-electron chi connectivity index (χ4n) is 1.71. The third-order valence-electron chi connectivity index (χ3n) is 2.62. The maximum Gasteiger partial charge on any atom is 0.255 e.